The van der Waals surface area contributed by atoms with E-state index >= 15 is 0 Å². The number of aliphatic hydroxyl groups is 2. The van der Waals surface area contributed by atoms with Crippen molar-refractivity contribution in [3.63, 3.8) is 0 Å². The molecular weight excluding hydrogens is 200 g/mol. The molecule has 0 aliphatic carbocycles. The molecule has 0 radical (unpaired) electrons. The fourth-order valence-electron chi connectivity index (χ4n) is 1.59. The van der Waals surface area contributed by atoms with E-state index in [0.717, 1.165) is 5.56 Å². The topological polar surface area (TPSA) is 40.5 Å². The van der Waals surface area contributed by atoms with Crippen molar-refractivity contribution in [1.82, 2.24) is 0 Å². The first kappa shape index (κ1) is 13.2. The second kappa shape index (κ2) is 5.46. The van der Waals surface area contributed by atoms with Crippen LogP contribution in [0.25, 0.3) is 0 Å². The van der Waals surface area contributed by atoms with E-state index in [2.05, 4.69) is 0 Å². The van der Waals surface area contributed by atoms with Crippen LogP contribution in [0.4, 0.5) is 0 Å². The summed E-state index contributed by atoms with van der Waals surface area (Å²) in [5.74, 6) is 0. The third-order valence-corrected chi connectivity index (χ3v) is 2.90. The Labute approximate surface area is 97.9 Å². The van der Waals surface area contributed by atoms with Crippen LogP contribution in [0.2, 0.25) is 0 Å². The molecule has 1 aromatic carbocycles. The molecule has 0 bridgehead atoms. The second-order valence-corrected chi connectivity index (χ2v) is 5.39. The number of aliphatic hydroxyl groups excluding tert-OH is 2. The van der Waals surface area contributed by atoms with Crippen LogP contribution in [0.15, 0.2) is 30.3 Å². The second-order valence-electron chi connectivity index (χ2n) is 5.39. The number of hydrogen-bond donors (Lipinski definition) is 2. The largest absolute Gasteiger partial charge is 0.393 e. The van der Waals surface area contributed by atoms with Crippen molar-refractivity contribution < 1.29 is 10.2 Å². The van der Waals surface area contributed by atoms with Gasteiger partial charge in [-0.25, -0.2) is 0 Å². The quantitative estimate of drug-likeness (QED) is 0.822. The van der Waals surface area contributed by atoms with E-state index in [0.29, 0.717) is 12.8 Å². The molecule has 0 aliphatic rings. The number of rotatable bonds is 4. The minimum atomic E-state index is -0.474. The van der Waals surface area contributed by atoms with Crippen LogP contribution in [0.5, 0.6) is 0 Å². The smallest absolute Gasteiger partial charge is 0.0791 e. The van der Waals surface area contributed by atoms with Gasteiger partial charge in [-0.1, -0.05) is 51.1 Å². The monoisotopic (exact) mass is 222 g/mol. The summed E-state index contributed by atoms with van der Waals surface area (Å²) in [5.41, 5.74) is 0.805. The molecule has 2 atom stereocenters. The molecule has 0 aromatic heterocycles. The van der Waals surface area contributed by atoms with Crippen LogP contribution >= 0.6 is 0 Å². The Kier molecular flexibility index (Phi) is 4.51. The summed E-state index contributed by atoms with van der Waals surface area (Å²) in [6.45, 7) is 6.02. The Hall–Kier alpha value is -0.860. The van der Waals surface area contributed by atoms with Crippen molar-refractivity contribution in [1.29, 1.82) is 0 Å². The highest BCUT2D eigenvalue weighted by molar-refractivity contribution is 5.17. The normalized spacial score (nSPS) is 15.8. The average Bonchev–Trinajstić information content (AvgIpc) is 2.25. The minimum absolute atomic E-state index is 0.115. The predicted molar refractivity (Wildman–Crippen MR) is 66.1 cm³/mol. The first-order valence-electron chi connectivity index (χ1n) is 5.82. The Morgan fingerprint density at radius 1 is 1.00 bits per heavy atom. The number of benzene rings is 1. The van der Waals surface area contributed by atoms with Crippen LogP contribution in [-0.2, 0) is 0 Å². The molecule has 90 valence electrons. The summed E-state index contributed by atoms with van der Waals surface area (Å²) >= 11 is 0. The van der Waals surface area contributed by atoms with Crippen LogP contribution in [-0.4, -0.2) is 16.3 Å². The molecule has 0 saturated heterocycles. The van der Waals surface area contributed by atoms with Gasteiger partial charge >= 0.3 is 0 Å². The average molecular weight is 222 g/mol. The summed E-state index contributed by atoms with van der Waals surface area (Å²) in [6.07, 6.45) is 0.381. The standard InChI is InChI=1S/C14H22O2/c1-14(2,3)13(16)10-9-12(15)11-7-5-4-6-8-11/h4-8,12-13,15-16H,9-10H2,1-3H3. The highest BCUT2D eigenvalue weighted by Gasteiger charge is 2.22. The van der Waals surface area contributed by atoms with Crippen LogP contribution in [0.3, 0.4) is 0 Å². The van der Waals surface area contributed by atoms with Gasteiger partial charge in [-0.2, -0.15) is 0 Å². The van der Waals surface area contributed by atoms with Gasteiger partial charge in [-0.05, 0) is 23.8 Å². The van der Waals surface area contributed by atoms with Crippen molar-refractivity contribution in [3.05, 3.63) is 35.9 Å². The molecule has 16 heavy (non-hydrogen) atoms. The van der Waals surface area contributed by atoms with Gasteiger partial charge in [0, 0.05) is 0 Å². The molecule has 0 amide bonds. The summed E-state index contributed by atoms with van der Waals surface area (Å²) in [6, 6.07) is 9.58. The first-order valence-corrected chi connectivity index (χ1v) is 5.82. The summed E-state index contributed by atoms with van der Waals surface area (Å²) in [7, 11) is 0. The molecule has 0 fully saturated rings. The summed E-state index contributed by atoms with van der Waals surface area (Å²) < 4.78 is 0. The molecule has 0 saturated carbocycles. The molecule has 2 unspecified atom stereocenters. The maximum atomic E-state index is 9.92. The van der Waals surface area contributed by atoms with Gasteiger partial charge in [0.05, 0.1) is 12.2 Å². The van der Waals surface area contributed by atoms with Gasteiger partial charge in [0.25, 0.3) is 0 Å². The highest BCUT2D eigenvalue weighted by Crippen LogP contribution is 2.26. The lowest BCUT2D eigenvalue weighted by Gasteiger charge is -2.26. The lowest BCUT2D eigenvalue weighted by atomic mass is 9.85. The Morgan fingerprint density at radius 2 is 1.56 bits per heavy atom. The maximum absolute atomic E-state index is 9.92. The predicted octanol–water partition coefficient (Wildman–Crippen LogP) is 2.91. The molecule has 0 spiro atoms. The van der Waals surface area contributed by atoms with Gasteiger partial charge in [-0.15, -0.1) is 0 Å². The fraction of sp³-hybridized carbons (Fsp3) is 0.571. The Morgan fingerprint density at radius 3 is 2.06 bits per heavy atom. The zero-order valence-electron chi connectivity index (χ0n) is 10.4. The number of hydrogen-bond acceptors (Lipinski definition) is 2. The highest BCUT2D eigenvalue weighted by atomic mass is 16.3. The molecule has 1 aromatic rings. The van der Waals surface area contributed by atoms with Crippen LogP contribution in [0, 0.1) is 5.41 Å². The first-order chi connectivity index (χ1) is 7.41. The summed E-state index contributed by atoms with van der Waals surface area (Å²) in [5, 5.41) is 19.8. The fourth-order valence-corrected chi connectivity index (χ4v) is 1.59. The van der Waals surface area contributed by atoms with E-state index in [1.54, 1.807) is 0 Å². The van der Waals surface area contributed by atoms with E-state index in [1.165, 1.54) is 0 Å². The van der Waals surface area contributed by atoms with Crippen molar-refractivity contribution in [3.8, 4) is 0 Å². The van der Waals surface area contributed by atoms with E-state index in [9.17, 15) is 10.2 Å². The van der Waals surface area contributed by atoms with E-state index in [1.807, 2.05) is 51.1 Å². The van der Waals surface area contributed by atoms with Crippen molar-refractivity contribution in [2.24, 2.45) is 5.41 Å². The Bertz CT molecular complexity index is 300. The molecular formula is C14H22O2. The van der Waals surface area contributed by atoms with Gasteiger partial charge in [0.15, 0.2) is 0 Å². The molecule has 0 aliphatic heterocycles. The van der Waals surface area contributed by atoms with E-state index in [-0.39, 0.29) is 11.5 Å². The third kappa shape index (κ3) is 3.95. The zero-order valence-corrected chi connectivity index (χ0v) is 10.4. The maximum Gasteiger partial charge on any atom is 0.0791 e. The Balaban J connectivity index is 2.45. The van der Waals surface area contributed by atoms with Crippen molar-refractivity contribution in [2.75, 3.05) is 0 Å². The molecule has 2 heteroatoms. The SMILES string of the molecule is CC(C)(C)C(O)CCC(O)c1ccccc1. The lowest BCUT2D eigenvalue weighted by molar-refractivity contribution is 0.0390. The molecule has 1 rings (SSSR count). The van der Waals surface area contributed by atoms with Crippen LogP contribution in [0.1, 0.15) is 45.3 Å². The van der Waals surface area contributed by atoms with Gasteiger partial charge in [0.2, 0.25) is 0 Å². The van der Waals surface area contributed by atoms with E-state index < -0.39 is 6.10 Å². The molecule has 2 nitrogen and oxygen atoms in total. The van der Waals surface area contributed by atoms with Crippen molar-refractivity contribution in [2.45, 2.75) is 45.8 Å². The molecule has 2 N–H and O–H groups in total. The van der Waals surface area contributed by atoms with Crippen molar-refractivity contribution >= 4 is 0 Å². The minimum Gasteiger partial charge on any atom is -0.393 e. The molecule has 0 heterocycles. The van der Waals surface area contributed by atoms with Gasteiger partial charge < -0.3 is 10.2 Å². The lowest BCUT2D eigenvalue weighted by Crippen LogP contribution is -2.26. The van der Waals surface area contributed by atoms with E-state index in [4.69, 9.17) is 0 Å². The van der Waals surface area contributed by atoms with Gasteiger partial charge in [-0.3, -0.25) is 0 Å². The zero-order chi connectivity index (χ0) is 12.2. The van der Waals surface area contributed by atoms with Crippen LogP contribution < -0.4 is 0 Å². The third-order valence-electron chi connectivity index (χ3n) is 2.90. The van der Waals surface area contributed by atoms with Gasteiger partial charge in [0.1, 0.15) is 0 Å². The summed E-state index contributed by atoms with van der Waals surface area (Å²) in [4.78, 5) is 0.